The lowest BCUT2D eigenvalue weighted by Gasteiger charge is -2.11. The van der Waals surface area contributed by atoms with Crippen molar-refractivity contribution in [2.75, 3.05) is 7.11 Å². The molecule has 1 atom stereocenters. The highest BCUT2D eigenvalue weighted by Gasteiger charge is 2.16. The van der Waals surface area contributed by atoms with Gasteiger partial charge in [0.15, 0.2) is 0 Å². The molecule has 18 heavy (non-hydrogen) atoms. The fourth-order valence-corrected chi connectivity index (χ4v) is 1.70. The normalized spacial score (nSPS) is 11.4. The molecular formula is C14H18N2O2. The van der Waals surface area contributed by atoms with Crippen molar-refractivity contribution in [2.45, 2.75) is 26.3 Å². The smallest absolute Gasteiger partial charge is 0.237 e. The Morgan fingerprint density at radius 3 is 2.83 bits per heavy atom. The summed E-state index contributed by atoms with van der Waals surface area (Å²) in [5.41, 5.74) is 0.904. The minimum Gasteiger partial charge on any atom is -0.496 e. The average molecular weight is 246 g/mol. The number of para-hydroxylation sites is 1. The van der Waals surface area contributed by atoms with E-state index in [9.17, 15) is 4.79 Å². The van der Waals surface area contributed by atoms with Crippen LogP contribution in [0.25, 0.3) is 0 Å². The third kappa shape index (κ3) is 3.77. The molecule has 1 unspecified atom stereocenters. The van der Waals surface area contributed by atoms with E-state index in [1.165, 1.54) is 0 Å². The first kappa shape index (κ1) is 14.0. The van der Waals surface area contributed by atoms with Crippen molar-refractivity contribution < 1.29 is 9.53 Å². The molecule has 0 saturated heterocycles. The van der Waals surface area contributed by atoms with Gasteiger partial charge in [-0.1, -0.05) is 31.5 Å². The molecule has 1 aromatic rings. The fraction of sp³-hybridized carbons (Fsp3) is 0.429. The Balaban J connectivity index is 2.59. The lowest BCUT2D eigenvalue weighted by Crippen LogP contribution is -2.29. The van der Waals surface area contributed by atoms with Gasteiger partial charge < -0.3 is 10.1 Å². The predicted octanol–water partition coefficient (Wildman–Crippen LogP) is 2.25. The van der Waals surface area contributed by atoms with Crippen LogP contribution in [0.4, 0.5) is 0 Å². The molecule has 0 fully saturated rings. The number of nitrogens with one attached hydrogen (secondary N) is 1. The molecule has 1 N–H and O–H groups in total. The van der Waals surface area contributed by atoms with Crippen LogP contribution in [0.15, 0.2) is 24.3 Å². The topological polar surface area (TPSA) is 62.1 Å². The SMILES string of the molecule is CCCC(C#N)C(=O)NCc1ccccc1OC. The predicted molar refractivity (Wildman–Crippen MR) is 68.9 cm³/mol. The Morgan fingerprint density at radius 2 is 2.22 bits per heavy atom. The van der Waals surface area contributed by atoms with Gasteiger partial charge in [0, 0.05) is 12.1 Å². The van der Waals surface area contributed by atoms with Crippen LogP contribution >= 0.6 is 0 Å². The Hall–Kier alpha value is -2.02. The maximum Gasteiger partial charge on any atom is 0.237 e. The first-order valence-electron chi connectivity index (χ1n) is 6.02. The standard InChI is InChI=1S/C14H18N2O2/c1-3-6-11(9-15)14(17)16-10-12-7-4-5-8-13(12)18-2/h4-5,7-8,11H,3,6,10H2,1-2H3,(H,16,17). The highest BCUT2D eigenvalue weighted by Crippen LogP contribution is 2.17. The van der Waals surface area contributed by atoms with Crippen molar-refractivity contribution in [3.63, 3.8) is 0 Å². The number of amides is 1. The first-order valence-corrected chi connectivity index (χ1v) is 6.02. The highest BCUT2D eigenvalue weighted by molar-refractivity contribution is 5.81. The first-order chi connectivity index (χ1) is 8.72. The molecule has 4 nitrogen and oxygen atoms in total. The monoisotopic (exact) mass is 246 g/mol. The summed E-state index contributed by atoms with van der Waals surface area (Å²) in [6.07, 6.45) is 1.41. The van der Waals surface area contributed by atoms with Gasteiger partial charge in [-0.05, 0) is 12.5 Å². The summed E-state index contributed by atoms with van der Waals surface area (Å²) in [5, 5.41) is 11.7. The van der Waals surface area contributed by atoms with E-state index in [0.29, 0.717) is 13.0 Å². The van der Waals surface area contributed by atoms with E-state index in [4.69, 9.17) is 10.00 Å². The highest BCUT2D eigenvalue weighted by atomic mass is 16.5. The zero-order valence-corrected chi connectivity index (χ0v) is 10.8. The second kappa shape index (κ2) is 7.33. The van der Waals surface area contributed by atoms with Crippen LogP contribution < -0.4 is 10.1 Å². The lowest BCUT2D eigenvalue weighted by atomic mass is 10.0. The molecule has 0 spiro atoms. The van der Waals surface area contributed by atoms with Crippen molar-refractivity contribution in [2.24, 2.45) is 5.92 Å². The van der Waals surface area contributed by atoms with Gasteiger partial charge in [0.25, 0.3) is 0 Å². The number of methoxy groups -OCH3 is 1. The summed E-state index contributed by atoms with van der Waals surface area (Å²) in [5.74, 6) is -0.0447. The molecule has 0 aromatic heterocycles. The van der Waals surface area contributed by atoms with Crippen LogP contribution in [0.2, 0.25) is 0 Å². The van der Waals surface area contributed by atoms with Crippen LogP contribution in [-0.4, -0.2) is 13.0 Å². The molecule has 1 aromatic carbocycles. The van der Waals surface area contributed by atoms with Crippen LogP contribution in [0.5, 0.6) is 5.75 Å². The summed E-state index contributed by atoms with van der Waals surface area (Å²) in [4.78, 5) is 11.8. The molecule has 1 amide bonds. The van der Waals surface area contributed by atoms with Crippen molar-refractivity contribution >= 4 is 5.91 Å². The van der Waals surface area contributed by atoms with Gasteiger partial charge in [0.2, 0.25) is 5.91 Å². The quantitative estimate of drug-likeness (QED) is 0.837. The molecule has 96 valence electrons. The number of rotatable bonds is 6. The van der Waals surface area contributed by atoms with E-state index in [1.807, 2.05) is 37.3 Å². The molecule has 0 radical (unpaired) electrons. The van der Waals surface area contributed by atoms with Crippen LogP contribution in [0, 0.1) is 17.2 Å². The van der Waals surface area contributed by atoms with Crippen molar-refractivity contribution in [1.29, 1.82) is 5.26 Å². The van der Waals surface area contributed by atoms with Crippen LogP contribution in [0.1, 0.15) is 25.3 Å². The van der Waals surface area contributed by atoms with E-state index < -0.39 is 5.92 Å². The summed E-state index contributed by atoms with van der Waals surface area (Å²) >= 11 is 0. The molecule has 0 aliphatic carbocycles. The van der Waals surface area contributed by atoms with E-state index in [2.05, 4.69) is 5.32 Å². The molecule has 1 rings (SSSR count). The summed E-state index contributed by atoms with van der Waals surface area (Å²) in [7, 11) is 1.59. The van der Waals surface area contributed by atoms with Gasteiger partial charge in [-0.2, -0.15) is 5.26 Å². The minimum atomic E-state index is -0.565. The van der Waals surface area contributed by atoms with Crippen molar-refractivity contribution in [3.05, 3.63) is 29.8 Å². The number of nitriles is 1. The number of nitrogens with zero attached hydrogens (tertiary/aromatic N) is 1. The zero-order chi connectivity index (χ0) is 13.4. The maximum absolute atomic E-state index is 11.8. The third-order valence-corrected chi connectivity index (χ3v) is 2.70. The molecule has 0 bridgehead atoms. The van der Waals surface area contributed by atoms with Crippen molar-refractivity contribution in [1.82, 2.24) is 5.32 Å². The molecule has 0 aliphatic heterocycles. The summed E-state index contributed by atoms with van der Waals surface area (Å²) in [6, 6.07) is 9.52. The van der Waals surface area contributed by atoms with E-state index >= 15 is 0 Å². The molecule has 0 aliphatic rings. The van der Waals surface area contributed by atoms with E-state index in [1.54, 1.807) is 7.11 Å². The van der Waals surface area contributed by atoms with Gasteiger partial charge in [0.1, 0.15) is 11.7 Å². The van der Waals surface area contributed by atoms with Gasteiger partial charge in [-0.3, -0.25) is 4.79 Å². The van der Waals surface area contributed by atoms with Gasteiger partial charge >= 0.3 is 0 Å². The number of carbonyl (C=O) groups is 1. The fourth-order valence-electron chi connectivity index (χ4n) is 1.70. The number of hydrogen-bond donors (Lipinski definition) is 1. The zero-order valence-electron chi connectivity index (χ0n) is 10.8. The summed E-state index contributed by atoms with van der Waals surface area (Å²) < 4.78 is 5.20. The Labute approximate surface area is 108 Å². The Morgan fingerprint density at radius 1 is 1.50 bits per heavy atom. The number of benzene rings is 1. The lowest BCUT2D eigenvalue weighted by molar-refractivity contribution is -0.123. The van der Waals surface area contributed by atoms with Gasteiger partial charge in [-0.15, -0.1) is 0 Å². The van der Waals surface area contributed by atoms with E-state index in [-0.39, 0.29) is 5.91 Å². The Kier molecular flexibility index (Phi) is 5.72. The average Bonchev–Trinajstić information content (AvgIpc) is 2.42. The largest absolute Gasteiger partial charge is 0.496 e. The summed E-state index contributed by atoms with van der Waals surface area (Å²) in [6.45, 7) is 2.34. The van der Waals surface area contributed by atoms with Crippen molar-refractivity contribution in [3.8, 4) is 11.8 Å². The number of carbonyl (C=O) groups excluding carboxylic acids is 1. The van der Waals surface area contributed by atoms with Gasteiger partial charge in [0.05, 0.1) is 13.2 Å². The third-order valence-electron chi connectivity index (χ3n) is 2.70. The minimum absolute atomic E-state index is 0.217. The molecular weight excluding hydrogens is 228 g/mol. The molecule has 0 heterocycles. The van der Waals surface area contributed by atoms with Crippen LogP contribution in [0.3, 0.4) is 0 Å². The second-order valence-corrected chi connectivity index (χ2v) is 4.00. The van der Waals surface area contributed by atoms with E-state index in [0.717, 1.165) is 17.7 Å². The number of ether oxygens (including phenoxy) is 1. The molecule has 0 saturated carbocycles. The molecule has 4 heteroatoms. The Bertz CT molecular complexity index is 438. The van der Waals surface area contributed by atoms with Crippen LogP contribution in [-0.2, 0) is 11.3 Å². The number of hydrogen-bond acceptors (Lipinski definition) is 3. The maximum atomic E-state index is 11.8. The second-order valence-electron chi connectivity index (χ2n) is 4.00. The van der Waals surface area contributed by atoms with Gasteiger partial charge in [-0.25, -0.2) is 0 Å².